The molecule has 0 amide bonds. The van der Waals surface area contributed by atoms with Gasteiger partial charge >= 0.3 is 12.1 Å². The van der Waals surface area contributed by atoms with Crippen molar-refractivity contribution >= 4 is 11.7 Å². The molecule has 1 N–H and O–H groups in total. The second-order valence-corrected chi connectivity index (χ2v) is 7.45. The highest BCUT2D eigenvalue weighted by Gasteiger charge is 2.60. The lowest BCUT2D eigenvalue weighted by atomic mass is 9.55. The van der Waals surface area contributed by atoms with Gasteiger partial charge < -0.3 is 9.84 Å². The molecule has 0 saturated heterocycles. The van der Waals surface area contributed by atoms with E-state index in [4.69, 9.17) is 4.74 Å². The van der Waals surface area contributed by atoms with Gasteiger partial charge in [-0.3, -0.25) is 9.79 Å². The lowest BCUT2D eigenvalue weighted by Crippen LogP contribution is -2.57. The van der Waals surface area contributed by atoms with Gasteiger partial charge in [-0.05, 0) is 30.5 Å². The fourth-order valence-corrected chi connectivity index (χ4v) is 4.32. The minimum atomic E-state index is -4.75. The Kier molecular flexibility index (Phi) is 6.38. The maximum atomic E-state index is 14.9. The molecule has 1 heterocycles. The molecule has 0 fully saturated rings. The summed E-state index contributed by atoms with van der Waals surface area (Å²) in [7, 11) is 1.36. The Balaban J connectivity index is 2.84. The molecule has 0 aliphatic carbocycles. The van der Waals surface area contributed by atoms with Crippen molar-refractivity contribution in [3.8, 4) is 6.07 Å². The number of hydrogen-bond acceptors (Lipinski definition) is 4. The van der Waals surface area contributed by atoms with Crippen LogP contribution in [0.15, 0.2) is 23.2 Å². The number of nitrogens with zero attached hydrogens (tertiary/aromatic N) is 2. The second-order valence-electron chi connectivity index (χ2n) is 7.45. The van der Waals surface area contributed by atoms with Gasteiger partial charge in [-0.25, -0.2) is 4.39 Å². The highest BCUT2D eigenvalue weighted by atomic mass is 19.4. The molecule has 0 saturated carbocycles. The molecule has 0 bridgehead atoms. The predicted octanol–water partition coefficient (Wildman–Crippen LogP) is 4.28. The number of carboxylic acid groups (broad SMARTS) is 1. The first kappa shape index (κ1) is 22.8. The average molecular weight is 414 g/mol. The fraction of sp³-hybridized carbons (Fsp3) is 0.550. The Morgan fingerprint density at radius 2 is 2.03 bits per heavy atom. The lowest BCUT2D eigenvalue weighted by molar-refractivity contribution is -0.158. The first-order valence-electron chi connectivity index (χ1n) is 8.95. The van der Waals surface area contributed by atoms with Crippen LogP contribution in [0.25, 0.3) is 0 Å². The van der Waals surface area contributed by atoms with Crippen LogP contribution < -0.4 is 0 Å². The predicted molar refractivity (Wildman–Crippen MR) is 96.9 cm³/mol. The summed E-state index contributed by atoms with van der Waals surface area (Å²) in [5.74, 6) is -5.50. The van der Waals surface area contributed by atoms with Crippen LogP contribution in [0.3, 0.4) is 0 Å². The highest BCUT2D eigenvalue weighted by molar-refractivity contribution is 5.92. The summed E-state index contributed by atoms with van der Waals surface area (Å²) in [5, 5.41) is 19.9. The maximum Gasteiger partial charge on any atom is 0.416 e. The number of benzene rings is 1. The highest BCUT2D eigenvalue weighted by Crippen LogP contribution is 2.54. The van der Waals surface area contributed by atoms with E-state index in [1.165, 1.54) is 14.0 Å². The van der Waals surface area contributed by atoms with Gasteiger partial charge in [0.15, 0.2) is 0 Å². The van der Waals surface area contributed by atoms with Crippen LogP contribution in [0.1, 0.15) is 37.8 Å². The fourth-order valence-electron chi connectivity index (χ4n) is 4.32. The Bertz CT molecular complexity index is 860. The summed E-state index contributed by atoms with van der Waals surface area (Å²) in [6.07, 6.45) is -4.75. The molecule has 0 aromatic heterocycles. The van der Waals surface area contributed by atoms with Gasteiger partial charge in [-0.1, -0.05) is 19.9 Å². The van der Waals surface area contributed by atoms with Gasteiger partial charge in [0.05, 0.1) is 30.2 Å². The molecule has 1 aromatic carbocycles. The number of aliphatic imine (C=N–C) groups is 1. The summed E-state index contributed by atoms with van der Waals surface area (Å²) in [6.45, 7) is 4.64. The van der Waals surface area contributed by atoms with Crippen LogP contribution in [0.5, 0.6) is 0 Å². The first-order chi connectivity index (χ1) is 13.4. The molecule has 1 aliphatic heterocycles. The zero-order valence-corrected chi connectivity index (χ0v) is 16.4. The summed E-state index contributed by atoms with van der Waals surface area (Å²) in [6, 6.07) is 3.00. The molecule has 1 aliphatic rings. The third-order valence-corrected chi connectivity index (χ3v) is 5.66. The molecule has 2 rings (SSSR count). The molecule has 4 atom stereocenters. The molecule has 0 radical (unpaired) electrons. The number of hydrogen-bond donors (Lipinski definition) is 1. The minimum absolute atomic E-state index is 0.0985. The van der Waals surface area contributed by atoms with Crippen molar-refractivity contribution in [3.05, 3.63) is 35.1 Å². The van der Waals surface area contributed by atoms with Crippen molar-refractivity contribution in [1.29, 1.82) is 5.26 Å². The number of halogens is 4. The van der Waals surface area contributed by atoms with Gasteiger partial charge in [0.25, 0.3) is 0 Å². The summed E-state index contributed by atoms with van der Waals surface area (Å²) in [4.78, 5) is 16.9. The molecule has 1 aromatic rings. The Labute approximate surface area is 166 Å². The van der Waals surface area contributed by atoms with Gasteiger partial charge in [-0.15, -0.1) is 0 Å². The number of nitriles is 1. The topological polar surface area (TPSA) is 82.7 Å². The van der Waals surface area contributed by atoms with Crippen molar-refractivity contribution in [2.45, 2.75) is 38.9 Å². The zero-order valence-electron chi connectivity index (χ0n) is 16.4. The van der Waals surface area contributed by atoms with E-state index < -0.39 is 52.7 Å². The minimum Gasteiger partial charge on any atom is -0.481 e. The quantitative estimate of drug-likeness (QED) is 0.729. The van der Waals surface area contributed by atoms with E-state index in [1.54, 1.807) is 13.8 Å². The maximum absolute atomic E-state index is 14.9. The Morgan fingerprint density at radius 3 is 2.45 bits per heavy atom. The Hall–Kier alpha value is -2.47. The summed E-state index contributed by atoms with van der Waals surface area (Å²) < 4.78 is 59.0. The molecule has 9 heteroatoms. The van der Waals surface area contributed by atoms with Crippen molar-refractivity contribution in [3.63, 3.8) is 0 Å². The van der Waals surface area contributed by atoms with Crippen LogP contribution in [0.2, 0.25) is 0 Å². The van der Waals surface area contributed by atoms with E-state index in [1.807, 2.05) is 6.07 Å². The summed E-state index contributed by atoms with van der Waals surface area (Å²) in [5.41, 5.74) is -2.91. The number of carbonyl (C=O) groups is 1. The van der Waals surface area contributed by atoms with Gasteiger partial charge in [0, 0.05) is 18.7 Å². The molecule has 5 nitrogen and oxygen atoms in total. The van der Waals surface area contributed by atoms with Gasteiger partial charge in [-0.2, -0.15) is 18.4 Å². The smallest absolute Gasteiger partial charge is 0.416 e. The first-order valence-corrected chi connectivity index (χ1v) is 8.95. The van der Waals surface area contributed by atoms with E-state index in [0.717, 1.165) is 6.07 Å². The number of aliphatic carboxylic acids is 1. The third-order valence-electron chi connectivity index (χ3n) is 5.66. The van der Waals surface area contributed by atoms with E-state index in [9.17, 15) is 32.7 Å². The van der Waals surface area contributed by atoms with E-state index in [0.29, 0.717) is 12.1 Å². The van der Waals surface area contributed by atoms with Crippen LogP contribution in [0.4, 0.5) is 17.6 Å². The molecular weight excluding hydrogens is 392 g/mol. The lowest BCUT2D eigenvalue weighted by Gasteiger charge is -2.49. The standard InChI is InChI=1S/C20H22F4N2O3/c1-10(2)19(18(27)28)16(9-29-4)26-11(3)14(8-25)17(19)13-6-5-12(7-15(13)21)20(22,23)24/h5-7,10,14,16-17H,9H2,1-4H3,(H,27,28). The van der Waals surface area contributed by atoms with Crippen LogP contribution >= 0.6 is 0 Å². The van der Waals surface area contributed by atoms with Gasteiger partial charge in [0.1, 0.15) is 11.2 Å². The zero-order chi connectivity index (χ0) is 22.1. The van der Waals surface area contributed by atoms with E-state index >= 15 is 0 Å². The summed E-state index contributed by atoms with van der Waals surface area (Å²) >= 11 is 0. The normalized spacial score (nSPS) is 27.4. The number of alkyl halides is 3. The molecular formula is C20H22F4N2O3. The number of ether oxygens (including phenoxy) is 1. The molecule has 158 valence electrons. The molecule has 29 heavy (non-hydrogen) atoms. The second kappa shape index (κ2) is 8.11. The van der Waals surface area contributed by atoms with E-state index in [-0.39, 0.29) is 17.9 Å². The largest absolute Gasteiger partial charge is 0.481 e. The average Bonchev–Trinajstić information content (AvgIpc) is 2.60. The number of rotatable bonds is 5. The number of carboxylic acids is 1. The van der Waals surface area contributed by atoms with Crippen LogP contribution in [-0.4, -0.2) is 36.5 Å². The third kappa shape index (κ3) is 3.73. The number of methoxy groups -OCH3 is 1. The van der Waals surface area contributed by atoms with Crippen molar-refractivity contribution in [2.24, 2.45) is 22.2 Å². The van der Waals surface area contributed by atoms with Crippen LogP contribution in [0, 0.1) is 34.4 Å². The van der Waals surface area contributed by atoms with Crippen molar-refractivity contribution in [2.75, 3.05) is 13.7 Å². The van der Waals surface area contributed by atoms with Crippen molar-refractivity contribution < 1.29 is 32.2 Å². The Morgan fingerprint density at radius 1 is 1.41 bits per heavy atom. The molecule has 4 unspecified atom stereocenters. The van der Waals surface area contributed by atoms with Crippen LogP contribution in [-0.2, 0) is 15.7 Å². The molecule has 0 spiro atoms. The van der Waals surface area contributed by atoms with Crippen molar-refractivity contribution in [1.82, 2.24) is 0 Å². The van der Waals surface area contributed by atoms with Gasteiger partial charge in [0.2, 0.25) is 0 Å². The van der Waals surface area contributed by atoms with E-state index in [2.05, 4.69) is 4.99 Å². The SMILES string of the molecule is COCC1N=C(C)C(C#N)C(c2ccc(C(F)(F)F)cc2F)C1(C(=O)O)C(C)C. The monoisotopic (exact) mass is 414 g/mol.